The van der Waals surface area contributed by atoms with E-state index >= 15 is 0 Å². The molecule has 0 aliphatic carbocycles. The van der Waals surface area contributed by atoms with Gasteiger partial charge < -0.3 is 5.32 Å². The average Bonchev–Trinajstić information content (AvgIpc) is 2.55. The Bertz CT molecular complexity index is 804. The maximum atomic E-state index is 12.1. The minimum absolute atomic E-state index is 0.0465. The quantitative estimate of drug-likeness (QED) is 0.431. The van der Waals surface area contributed by atoms with E-state index in [1.54, 1.807) is 42.5 Å². The van der Waals surface area contributed by atoms with Crippen LogP contribution in [0.5, 0.6) is 0 Å². The molecule has 0 atom stereocenters. The SMILES string of the molecule is Cc1ccc(S(=O)(=O)NCCNCc2ccccc2[N+](=O)[O-])cc1. The lowest BCUT2D eigenvalue weighted by molar-refractivity contribution is -0.385. The number of rotatable bonds is 8. The molecule has 0 spiro atoms. The fraction of sp³-hybridized carbons (Fsp3) is 0.250. The van der Waals surface area contributed by atoms with E-state index in [-0.39, 0.29) is 17.1 Å². The summed E-state index contributed by atoms with van der Waals surface area (Å²) in [6.45, 7) is 2.73. The first-order valence-electron chi connectivity index (χ1n) is 7.39. The number of nitro benzene ring substituents is 1. The van der Waals surface area contributed by atoms with Gasteiger partial charge in [0.1, 0.15) is 0 Å². The van der Waals surface area contributed by atoms with Crippen molar-refractivity contribution in [1.82, 2.24) is 10.0 Å². The summed E-state index contributed by atoms with van der Waals surface area (Å²) in [4.78, 5) is 10.7. The molecule has 0 radical (unpaired) electrons. The van der Waals surface area contributed by atoms with E-state index in [0.717, 1.165) is 5.56 Å². The second kappa shape index (κ2) is 8.00. The molecule has 0 unspecified atom stereocenters. The van der Waals surface area contributed by atoms with E-state index in [9.17, 15) is 18.5 Å². The molecular formula is C16H19N3O4S. The highest BCUT2D eigenvalue weighted by molar-refractivity contribution is 7.89. The fourth-order valence-corrected chi connectivity index (χ4v) is 3.17. The molecular weight excluding hydrogens is 330 g/mol. The van der Waals surface area contributed by atoms with E-state index in [1.165, 1.54) is 6.07 Å². The Balaban J connectivity index is 1.83. The monoisotopic (exact) mass is 349 g/mol. The largest absolute Gasteiger partial charge is 0.311 e. The maximum absolute atomic E-state index is 12.1. The maximum Gasteiger partial charge on any atom is 0.273 e. The number of nitrogens with one attached hydrogen (secondary N) is 2. The third kappa shape index (κ3) is 4.85. The Morgan fingerprint density at radius 1 is 1.04 bits per heavy atom. The number of benzene rings is 2. The molecule has 0 aliphatic heterocycles. The number of nitrogens with zero attached hydrogens (tertiary/aromatic N) is 1. The van der Waals surface area contributed by atoms with Gasteiger partial charge in [0, 0.05) is 31.3 Å². The van der Waals surface area contributed by atoms with Gasteiger partial charge in [0.25, 0.3) is 5.69 Å². The summed E-state index contributed by atoms with van der Waals surface area (Å²) in [6, 6.07) is 13.0. The Kier molecular flexibility index (Phi) is 6.02. The van der Waals surface area contributed by atoms with Gasteiger partial charge in [-0.3, -0.25) is 10.1 Å². The molecule has 0 aliphatic rings. The van der Waals surface area contributed by atoms with Crippen LogP contribution in [-0.4, -0.2) is 26.4 Å². The molecule has 2 rings (SSSR count). The molecule has 0 heterocycles. The zero-order valence-electron chi connectivity index (χ0n) is 13.2. The van der Waals surface area contributed by atoms with Gasteiger partial charge in [-0.15, -0.1) is 0 Å². The van der Waals surface area contributed by atoms with Crippen LogP contribution in [0, 0.1) is 17.0 Å². The predicted octanol–water partition coefficient (Wildman–Crippen LogP) is 1.97. The van der Waals surface area contributed by atoms with Crippen molar-refractivity contribution in [3.63, 3.8) is 0 Å². The van der Waals surface area contributed by atoms with E-state index in [0.29, 0.717) is 18.7 Å². The highest BCUT2D eigenvalue weighted by atomic mass is 32.2. The van der Waals surface area contributed by atoms with Crippen molar-refractivity contribution in [3.8, 4) is 0 Å². The first-order valence-corrected chi connectivity index (χ1v) is 8.88. The van der Waals surface area contributed by atoms with E-state index in [1.807, 2.05) is 6.92 Å². The predicted molar refractivity (Wildman–Crippen MR) is 91.2 cm³/mol. The topological polar surface area (TPSA) is 101 Å². The summed E-state index contributed by atoms with van der Waals surface area (Å²) < 4.78 is 26.7. The lowest BCUT2D eigenvalue weighted by atomic mass is 10.2. The van der Waals surface area contributed by atoms with Crippen LogP contribution in [0.3, 0.4) is 0 Å². The van der Waals surface area contributed by atoms with Crippen molar-refractivity contribution in [2.75, 3.05) is 13.1 Å². The van der Waals surface area contributed by atoms with E-state index in [4.69, 9.17) is 0 Å². The molecule has 0 saturated carbocycles. The Labute approximate surface area is 140 Å². The first-order chi connectivity index (χ1) is 11.4. The van der Waals surface area contributed by atoms with Gasteiger partial charge in [-0.25, -0.2) is 13.1 Å². The van der Waals surface area contributed by atoms with Gasteiger partial charge in [0.2, 0.25) is 10.0 Å². The molecule has 0 bridgehead atoms. The normalized spacial score (nSPS) is 11.4. The van der Waals surface area contributed by atoms with Gasteiger partial charge in [0.15, 0.2) is 0 Å². The highest BCUT2D eigenvalue weighted by Gasteiger charge is 2.13. The van der Waals surface area contributed by atoms with Crippen molar-refractivity contribution in [2.24, 2.45) is 0 Å². The second-order valence-corrected chi connectivity index (χ2v) is 7.04. The fourth-order valence-electron chi connectivity index (χ4n) is 2.14. The molecule has 0 amide bonds. The minimum atomic E-state index is -3.54. The van der Waals surface area contributed by atoms with Crippen LogP contribution in [0.4, 0.5) is 5.69 Å². The van der Waals surface area contributed by atoms with Crippen LogP contribution >= 0.6 is 0 Å². The van der Waals surface area contributed by atoms with E-state index < -0.39 is 14.9 Å². The first kappa shape index (κ1) is 18.1. The minimum Gasteiger partial charge on any atom is -0.311 e. The number of hydrogen-bond acceptors (Lipinski definition) is 5. The molecule has 8 heteroatoms. The summed E-state index contributed by atoms with van der Waals surface area (Å²) in [7, 11) is -3.54. The smallest absolute Gasteiger partial charge is 0.273 e. The molecule has 2 aromatic carbocycles. The number of sulfonamides is 1. The van der Waals surface area contributed by atoms with Crippen molar-refractivity contribution in [1.29, 1.82) is 0 Å². The van der Waals surface area contributed by atoms with Crippen LogP contribution in [0.2, 0.25) is 0 Å². The lowest BCUT2D eigenvalue weighted by Gasteiger charge is -2.08. The van der Waals surface area contributed by atoms with Crippen LogP contribution in [0.1, 0.15) is 11.1 Å². The van der Waals surface area contributed by atoms with Crippen molar-refractivity contribution in [2.45, 2.75) is 18.4 Å². The molecule has 7 nitrogen and oxygen atoms in total. The van der Waals surface area contributed by atoms with Gasteiger partial charge in [0.05, 0.1) is 9.82 Å². The molecule has 2 aromatic rings. The van der Waals surface area contributed by atoms with Gasteiger partial charge in [-0.05, 0) is 19.1 Å². The highest BCUT2D eigenvalue weighted by Crippen LogP contribution is 2.16. The summed E-state index contributed by atoms with van der Waals surface area (Å²) in [5, 5.41) is 13.9. The molecule has 24 heavy (non-hydrogen) atoms. The number of para-hydroxylation sites is 1. The molecule has 128 valence electrons. The Hall–Kier alpha value is -2.29. The van der Waals surface area contributed by atoms with Gasteiger partial charge in [-0.2, -0.15) is 0 Å². The summed E-state index contributed by atoms with van der Waals surface area (Å²) in [5.74, 6) is 0. The number of aryl methyl sites for hydroxylation is 1. The molecule has 2 N–H and O–H groups in total. The Morgan fingerprint density at radius 2 is 1.71 bits per heavy atom. The standard InChI is InChI=1S/C16H19N3O4S/c1-13-6-8-15(9-7-13)24(22,23)18-11-10-17-12-14-4-2-3-5-16(14)19(20)21/h2-9,17-18H,10-12H2,1H3. The third-order valence-corrected chi connectivity index (χ3v) is 4.91. The molecule has 0 saturated heterocycles. The van der Waals surface area contributed by atoms with Crippen LogP contribution in [-0.2, 0) is 16.6 Å². The van der Waals surface area contributed by atoms with Crippen molar-refractivity contribution in [3.05, 3.63) is 69.8 Å². The summed E-state index contributed by atoms with van der Waals surface area (Å²) in [5.41, 5.74) is 1.59. The van der Waals surface area contributed by atoms with Crippen LogP contribution in [0.15, 0.2) is 53.4 Å². The van der Waals surface area contributed by atoms with E-state index in [2.05, 4.69) is 10.0 Å². The van der Waals surface area contributed by atoms with Crippen molar-refractivity contribution < 1.29 is 13.3 Å². The zero-order valence-corrected chi connectivity index (χ0v) is 14.0. The molecule has 0 fully saturated rings. The third-order valence-electron chi connectivity index (χ3n) is 3.43. The second-order valence-electron chi connectivity index (χ2n) is 5.27. The van der Waals surface area contributed by atoms with Gasteiger partial charge in [-0.1, -0.05) is 35.9 Å². The average molecular weight is 349 g/mol. The van der Waals surface area contributed by atoms with Crippen molar-refractivity contribution >= 4 is 15.7 Å². The van der Waals surface area contributed by atoms with Gasteiger partial charge >= 0.3 is 0 Å². The molecule has 0 aromatic heterocycles. The summed E-state index contributed by atoms with van der Waals surface area (Å²) in [6.07, 6.45) is 0. The number of hydrogen-bond donors (Lipinski definition) is 2. The number of nitro groups is 1. The Morgan fingerprint density at radius 3 is 2.38 bits per heavy atom. The lowest BCUT2D eigenvalue weighted by Crippen LogP contribution is -2.31. The zero-order chi connectivity index (χ0) is 17.6. The summed E-state index contributed by atoms with van der Waals surface area (Å²) >= 11 is 0. The van der Waals surface area contributed by atoms with Crippen LogP contribution < -0.4 is 10.0 Å². The van der Waals surface area contributed by atoms with Crippen LogP contribution in [0.25, 0.3) is 0 Å².